The monoisotopic (exact) mass is 543 g/mol. The average molecular weight is 544 g/mol. The molecule has 0 saturated heterocycles. The lowest BCUT2D eigenvalue weighted by Gasteiger charge is -2.24. The van der Waals surface area contributed by atoms with Crippen LogP contribution in [0.15, 0.2) is 96.6 Å². The summed E-state index contributed by atoms with van der Waals surface area (Å²) in [5, 5.41) is 12.7. The molecule has 4 aromatic rings. The van der Waals surface area contributed by atoms with Crippen LogP contribution in [0.5, 0.6) is 0 Å². The minimum absolute atomic E-state index is 0.0585. The molecular formula is C37H37NO3. The number of rotatable bonds is 7. The van der Waals surface area contributed by atoms with Crippen molar-refractivity contribution in [2.75, 3.05) is 0 Å². The second-order valence-corrected chi connectivity index (χ2v) is 11.4. The van der Waals surface area contributed by atoms with Crippen LogP contribution >= 0.6 is 0 Å². The molecule has 4 aromatic carbocycles. The van der Waals surface area contributed by atoms with Gasteiger partial charge in [-0.2, -0.15) is 0 Å². The van der Waals surface area contributed by atoms with E-state index in [0.717, 1.165) is 29.5 Å². The summed E-state index contributed by atoms with van der Waals surface area (Å²) in [6.07, 6.45) is 1.91. The number of allylic oxidation sites excluding steroid dienone is 2. The Morgan fingerprint density at radius 1 is 0.829 bits per heavy atom. The highest BCUT2D eigenvalue weighted by molar-refractivity contribution is 5.96. The normalized spacial score (nSPS) is 16.6. The van der Waals surface area contributed by atoms with Crippen LogP contribution in [0.1, 0.15) is 81.6 Å². The van der Waals surface area contributed by atoms with Gasteiger partial charge in [-0.25, -0.2) is 4.79 Å². The summed E-state index contributed by atoms with van der Waals surface area (Å²) in [7, 11) is 0. The van der Waals surface area contributed by atoms with Crippen molar-refractivity contribution in [1.29, 1.82) is 0 Å². The molecule has 0 radical (unpaired) electrons. The van der Waals surface area contributed by atoms with Crippen molar-refractivity contribution in [3.05, 3.63) is 136 Å². The van der Waals surface area contributed by atoms with E-state index in [9.17, 15) is 14.7 Å². The van der Waals surface area contributed by atoms with Crippen LogP contribution < -0.4 is 5.32 Å². The Balaban J connectivity index is 1.34. The molecule has 4 nitrogen and oxygen atoms in total. The highest BCUT2D eigenvalue weighted by Crippen LogP contribution is 2.41. The van der Waals surface area contributed by atoms with Crippen LogP contribution in [-0.2, 0) is 13.0 Å². The van der Waals surface area contributed by atoms with Gasteiger partial charge in [0.15, 0.2) is 0 Å². The molecule has 0 heterocycles. The summed E-state index contributed by atoms with van der Waals surface area (Å²) in [6, 6.07) is 29.8. The summed E-state index contributed by atoms with van der Waals surface area (Å²) in [4.78, 5) is 24.7. The first-order chi connectivity index (χ1) is 19.7. The minimum Gasteiger partial charge on any atom is -0.478 e. The van der Waals surface area contributed by atoms with Gasteiger partial charge in [0.2, 0.25) is 0 Å². The lowest BCUT2D eigenvalue weighted by atomic mass is 9.80. The van der Waals surface area contributed by atoms with Crippen molar-refractivity contribution >= 4 is 17.4 Å². The number of carbonyl (C=O) groups excluding carboxylic acids is 1. The third-order valence-electron chi connectivity index (χ3n) is 8.62. The quantitative estimate of drug-likeness (QED) is 0.246. The molecular weight excluding hydrogens is 506 g/mol. The molecule has 1 aliphatic rings. The van der Waals surface area contributed by atoms with E-state index >= 15 is 0 Å². The number of hydrogen-bond acceptors (Lipinski definition) is 2. The Bertz CT molecular complexity index is 1610. The maximum atomic E-state index is 13.1. The Kier molecular flexibility index (Phi) is 8.21. The number of benzene rings is 4. The molecule has 0 aliphatic heterocycles. The van der Waals surface area contributed by atoms with Gasteiger partial charge in [0, 0.05) is 12.1 Å². The first kappa shape index (κ1) is 28.1. The largest absolute Gasteiger partial charge is 0.478 e. The van der Waals surface area contributed by atoms with Crippen molar-refractivity contribution in [2.45, 2.75) is 53.0 Å². The summed E-state index contributed by atoms with van der Waals surface area (Å²) in [5.74, 6) is -0.254. The second-order valence-electron chi connectivity index (χ2n) is 11.4. The fraction of sp³-hybridized carbons (Fsp3) is 0.243. The van der Waals surface area contributed by atoms with Gasteiger partial charge < -0.3 is 10.4 Å². The number of aromatic carboxylic acids is 1. The SMILES string of the molecule is CC1=C(C)c2cc(C(=O)NCc3ccc(C)cc3)ccc2C(C)C(Cc2ccc(-c3ccccc3C(=O)O)cc2)C1. The number of carboxylic acid groups (broad SMARTS) is 1. The van der Waals surface area contributed by atoms with E-state index in [0.29, 0.717) is 29.5 Å². The Morgan fingerprint density at radius 2 is 1.51 bits per heavy atom. The molecule has 4 heteroatoms. The van der Waals surface area contributed by atoms with Gasteiger partial charge in [-0.1, -0.05) is 90.9 Å². The standard InChI is InChI=1S/C37H37NO3/c1-23-9-11-28(12-10-23)22-38-36(39)30-17-18-32-26(4)31(19-24(2)25(3)35(32)21-30)20-27-13-15-29(16-14-27)33-7-5-6-8-34(33)37(40)41/h5-18,21,26,31H,19-20,22H2,1-4H3,(H,38,39)(H,40,41). The van der Waals surface area contributed by atoms with Gasteiger partial charge in [0.1, 0.15) is 0 Å². The van der Waals surface area contributed by atoms with Crippen LogP contribution in [0.3, 0.4) is 0 Å². The Morgan fingerprint density at radius 3 is 2.22 bits per heavy atom. The zero-order valence-corrected chi connectivity index (χ0v) is 24.2. The minimum atomic E-state index is -0.917. The van der Waals surface area contributed by atoms with E-state index < -0.39 is 5.97 Å². The lowest BCUT2D eigenvalue weighted by Crippen LogP contribution is -2.23. The highest BCUT2D eigenvalue weighted by atomic mass is 16.4. The van der Waals surface area contributed by atoms with E-state index in [2.05, 4.69) is 69.4 Å². The number of fused-ring (bicyclic) bond motifs is 1. The molecule has 0 spiro atoms. The fourth-order valence-electron chi connectivity index (χ4n) is 5.91. The first-order valence-electron chi connectivity index (χ1n) is 14.3. The second kappa shape index (κ2) is 12.0. The van der Waals surface area contributed by atoms with E-state index in [-0.39, 0.29) is 5.91 Å². The van der Waals surface area contributed by atoms with E-state index in [1.54, 1.807) is 12.1 Å². The summed E-state index contributed by atoms with van der Waals surface area (Å²) < 4.78 is 0. The smallest absolute Gasteiger partial charge is 0.336 e. The van der Waals surface area contributed by atoms with Crippen molar-refractivity contribution in [1.82, 2.24) is 5.32 Å². The number of carbonyl (C=O) groups is 2. The zero-order valence-electron chi connectivity index (χ0n) is 24.2. The molecule has 208 valence electrons. The van der Waals surface area contributed by atoms with Gasteiger partial charge in [-0.3, -0.25) is 4.79 Å². The molecule has 41 heavy (non-hydrogen) atoms. The van der Waals surface area contributed by atoms with E-state index in [4.69, 9.17) is 0 Å². The molecule has 2 unspecified atom stereocenters. The van der Waals surface area contributed by atoms with Crippen molar-refractivity contribution in [3.8, 4) is 11.1 Å². The van der Waals surface area contributed by atoms with E-state index in [1.807, 2.05) is 42.5 Å². The Labute approximate surface area is 242 Å². The predicted molar refractivity (Wildman–Crippen MR) is 166 cm³/mol. The number of carboxylic acids is 1. The van der Waals surface area contributed by atoms with Crippen molar-refractivity contribution in [3.63, 3.8) is 0 Å². The number of aryl methyl sites for hydroxylation is 1. The van der Waals surface area contributed by atoms with Crippen LogP contribution in [0.25, 0.3) is 16.7 Å². The highest BCUT2D eigenvalue weighted by Gasteiger charge is 2.27. The molecule has 2 N–H and O–H groups in total. The van der Waals surface area contributed by atoms with Gasteiger partial charge in [0.05, 0.1) is 5.56 Å². The number of nitrogens with one attached hydrogen (secondary N) is 1. The molecule has 5 rings (SSSR count). The predicted octanol–water partition coefficient (Wildman–Crippen LogP) is 8.45. The summed E-state index contributed by atoms with van der Waals surface area (Å²) >= 11 is 0. The van der Waals surface area contributed by atoms with Gasteiger partial charge in [0.25, 0.3) is 5.91 Å². The first-order valence-corrected chi connectivity index (χ1v) is 14.3. The molecule has 0 bridgehead atoms. The maximum Gasteiger partial charge on any atom is 0.336 e. The number of amides is 1. The molecule has 0 aromatic heterocycles. The van der Waals surface area contributed by atoms with Gasteiger partial charge in [-0.15, -0.1) is 0 Å². The summed E-state index contributed by atoms with van der Waals surface area (Å²) in [6.45, 7) is 9.24. The average Bonchev–Trinajstić information content (AvgIpc) is 3.07. The fourth-order valence-corrected chi connectivity index (χ4v) is 5.91. The number of hydrogen-bond donors (Lipinski definition) is 2. The van der Waals surface area contributed by atoms with Crippen LogP contribution in [0, 0.1) is 12.8 Å². The summed E-state index contributed by atoms with van der Waals surface area (Å²) in [5.41, 5.74) is 11.2. The lowest BCUT2D eigenvalue weighted by molar-refractivity contribution is 0.0697. The Hall–Kier alpha value is -4.44. The van der Waals surface area contributed by atoms with Crippen LogP contribution in [0.2, 0.25) is 0 Å². The van der Waals surface area contributed by atoms with Crippen LogP contribution in [-0.4, -0.2) is 17.0 Å². The third kappa shape index (κ3) is 6.17. The van der Waals surface area contributed by atoms with Crippen LogP contribution in [0.4, 0.5) is 0 Å². The van der Waals surface area contributed by atoms with Gasteiger partial charge in [-0.05, 0) is 103 Å². The third-order valence-corrected chi connectivity index (χ3v) is 8.62. The zero-order chi connectivity index (χ0) is 29.1. The molecule has 0 fully saturated rings. The molecule has 1 aliphatic carbocycles. The van der Waals surface area contributed by atoms with E-state index in [1.165, 1.54) is 33.4 Å². The molecule has 2 atom stereocenters. The van der Waals surface area contributed by atoms with Crippen molar-refractivity contribution < 1.29 is 14.7 Å². The topological polar surface area (TPSA) is 66.4 Å². The van der Waals surface area contributed by atoms with Crippen molar-refractivity contribution in [2.24, 2.45) is 5.92 Å². The van der Waals surface area contributed by atoms with Gasteiger partial charge >= 0.3 is 5.97 Å². The maximum absolute atomic E-state index is 13.1. The molecule has 1 amide bonds. The molecule has 0 saturated carbocycles.